The minimum Gasteiger partial charge on any atom is -0.396 e. The van der Waals surface area contributed by atoms with Crippen molar-refractivity contribution in [1.29, 1.82) is 0 Å². The van der Waals surface area contributed by atoms with Gasteiger partial charge in [0, 0.05) is 12.5 Å². The lowest BCUT2D eigenvalue weighted by Crippen LogP contribution is -2.51. The van der Waals surface area contributed by atoms with E-state index in [4.69, 9.17) is 5.73 Å². The molecule has 1 aromatic rings. The summed E-state index contributed by atoms with van der Waals surface area (Å²) in [6.45, 7) is 1.95. The molecule has 1 saturated carbocycles. The van der Waals surface area contributed by atoms with Crippen molar-refractivity contribution in [2.24, 2.45) is 5.92 Å². The molecule has 1 aliphatic heterocycles. The predicted octanol–water partition coefficient (Wildman–Crippen LogP) is 1.50. The highest BCUT2D eigenvalue weighted by molar-refractivity contribution is 5.99. The van der Waals surface area contributed by atoms with Gasteiger partial charge in [-0.3, -0.25) is 9.59 Å². The molecule has 1 aliphatic carbocycles. The zero-order valence-electron chi connectivity index (χ0n) is 12.5. The van der Waals surface area contributed by atoms with E-state index in [1.807, 2.05) is 0 Å². The van der Waals surface area contributed by atoms with Gasteiger partial charge in [0.15, 0.2) is 0 Å². The Labute approximate surface area is 128 Å². The number of nitrogen functional groups attached to an aromatic ring is 1. The van der Waals surface area contributed by atoms with E-state index in [0.717, 1.165) is 25.7 Å². The number of hydrogen-bond acceptors (Lipinski definition) is 3. The number of carbonyl (C=O) groups is 2. The molecule has 0 spiro atoms. The van der Waals surface area contributed by atoms with E-state index in [1.165, 1.54) is 12.1 Å². The molecule has 1 heterocycles. The number of aryl methyl sites for hydroxylation is 1. The number of nitrogens with one attached hydrogen (secondary N) is 2. The Morgan fingerprint density at radius 3 is 3.09 bits per heavy atom. The van der Waals surface area contributed by atoms with Gasteiger partial charge in [0.25, 0.3) is 5.91 Å². The van der Waals surface area contributed by atoms with Gasteiger partial charge in [0.2, 0.25) is 5.91 Å². The van der Waals surface area contributed by atoms with Crippen LogP contribution in [0.15, 0.2) is 12.1 Å². The van der Waals surface area contributed by atoms with E-state index in [9.17, 15) is 14.0 Å². The van der Waals surface area contributed by atoms with Crippen LogP contribution in [-0.4, -0.2) is 23.9 Å². The van der Waals surface area contributed by atoms with Gasteiger partial charge in [-0.25, -0.2) is 4.39 Å². The predicted molar refractivity (Wildman–Crippen MR) is 80.7 cm³/mol. The normalized spacial score (nSPS) is 26.6. The Hall–Kier alpha value is -2.11. The molecular formula is C16H20FN3O2. The first-order chi connectivity index (χ1) is 10.4. The molecule has 5 nitrogen and oxygen atoms in total. The number of rotatable bonds is 3. The monoisotopic (exact) mass is 305 g/mol. The van der Waals surface area contributed by atoms with Crippen molar-refractivity contribution in [2.45, 2.75) is 38.1 Å². The van der Waals surface area contributed by atoms with Crippen molar-refractivity contribution < 1.29 is 14.0 Å². The first-order valence-electron chi connectivity index (χ1n) is 7.57. The minimum atomic E-state index is -0.558. The largest absolute Gasteiger partial charge is 0.396 e. The van der Waals surface area contributed by atoms with Gasteiger partial charge in [0.1, 0.15) is 5.82 Å². The lowest BCUT2D eigenvalue weighted by molar-refractivity contribution is -0.122. The summed E-state index contributed by atoms with van der Waals surface area (Å²) in [6.07, 6.45) is 3.50. The lowest BCUT2D eigenvalue weighted by atomic mass is 9.80. The fraction of sp³-hybridized carbons (Fsp3) is 0.500. The van der Waals surface area contributed by atoms with E-state index in [0.29, 0.717) is 12.1 Å². The number of fused-ring (bicyclic) bond motifs is 2. The highest BCUT2D eigenvalue weighted by Crippen LogP contribution is 2.37. The Kier molecular flexibility index (Phi) is 3.54. The number of halogens is 1. The lowest BCUT2D eigenvalue weighted by Gasteiger charge is -2.32. The van der Waals surface area contributed by atoms with Gasteiger partial charge in [-0.1, -0.05) is 12.5 Å². The van der Waals surface area contributed by atoms with E-state index in [1.54, 1.807) is 6.92 Å². The zero-order chi connectivity index (χ0) is 15.9. The molecule has 2 aliphatic rings. The molecule has 6 heteroatoms. The maximum absolute atomic E-state index is 13.8. The Bertz CT molecular complexity index is 647. The zero-order valence-corrected chi connectivity index (χ0v) is 12.5. The van der Waals surface area contributed by atoms with Gasteiger partial charge in [-0.05, 0) is 37.8 Å². The third-order valence-electron chi connectivity index (χ3n) is 4.81. The first-order valence-corrected chi connectivity index (χ1v) is 7.57. The smallest absolute Gasteiger partial charge is 0.253 e. The number of nitrogens with two attached hydrogens (primary N) is 1. The van der Waals surface area contributed by atoms with Crippen molar-refractivity contribution in [1.82, 2.24) is 10.6 Å². The van der Waals surface area contributed by atoms with Crippen molar-refractivity contribution >= 4 is 17.5 Å². The summed E-state index contributed by atoms with van der Waals surface area (Å²) in [6, 6.07) is 3.06. The molecule has 4 N–H and O–H groups in total. The molecule has 22 heavy (non-hydrogen) atoms. The molecule has 1 saturated heterocycles. The second-order valence-electron chi connectivity index (χ2n) is 6.40. The summed E-state index contributed by atoms with van der Waals surface area (Å²) in [7, 11) is 0. The van der Waals surface area contributed by atoms with Gasteiger partial charge in [-0.2, -0.15) is 0 Å². The summed E-state index contributed by atoms with van der Waals surface area (Å²) < 4.78 is 13.8. The second-order valence-corrected chi connectivity index (χ2v) is 6.40. The van der Waals surface area contributed by atoms with Crippen molar-refractivity contribution in [3.63, 3.8) is 0 Å². The number of amides is 2. The molecule has 2 amide bonds. The third-order valence-corrected chi connectivity index (χ3v) is 4.81. The van der Waals surface area contributed by atoms with Crippen molar-refractivity contribution in [2.75, 3.05) is 12.3 Å². The average Bonchev–Trinajstić information content (AvgIpc) is 2.72. The number of benzene rings is 1. The van der Waals surface area contributed by atoms with Crippen LogP contribution in [0.2, 0.25) is 0 Å². The quantitative estimate of drug-likeness (QED) is 0.740. The van der Waals surface area contributed by atoms with E-state index < -0.39 is 11.7 Å². The van der Waals surface area contributed by atoms with Gasteiger partial charge in [-0.15, -0.1) is 0 Å². The molecule has 2 bridgehead atoms. The number of carbonyl (C=O) groups excluding carboxylic acids is 2. The van der Waals surface area contributed by atoms with Crippen LogP contribution in [-0.2, 0) is 4.79 Å². The maximum Gasteiger partial charge on any atom is 0.253 e. The van der Waals surface area contributed by atoms with E-state index in [2.05, 4.69) is 10.6 Å². The van der Waals surface area contributed by atoms with Crippen LogP contribution in [0.4, 0.5) is 10.1 Å². The third kappa shape index (κ3) is 2.42. The summed E-state index contributed by atoms with van der Waals surface area (Å²) in [4.78, 5) is 24.1. The molecule has 1 aromatic carbocycles. The van der Waals surface area contributed by atoms with Crippen LogP contribution in [0.5, 0.6) is 0 Å². The van der Waals surface area contributed by atoms with Gasteiger partial charge in [0.05, 0.1) is 16.8 Å². The molecule has 0 radical (unpaired) electrons. The van der Waals surface area contributed by atoms with Crippen LogP contribution in [0.3, 0.4) is 0 Å². The van der Waals surface area contributed by atoms with Crippen LogP contribution < -0.4 is 16.4 Å². The van der Waals surface area contributed by atoms with Gasteiger partial charge < -0.3 is 16.4 Å². The van der Waals surface area contributed by atoms with Crippen molar-refractivity contribution in [3.05, 3.63) is 29.1 Å². The maximum atomic E-state index is 13.8. The topological polar surface area (TPSA) is 84.2 Å². The van der Waals surface area contributed by atoms with E-state index in [-0.39, 0.29) is 28.6 Å². The molecular weight excluding hydrogens is 285 g/mol. The first kappa shape index (κ1) is 14.8. The van der Waals surface area contributed by atoms with Crippen LogP contribution in [0, 0.1) is 18.7 Å². The Morgan fingerprint density at radius 1 is 1.55 bits per heavy atom. The van der Waals surface area contributed by atoms with Crippen molar-refractivity contribution in [3.8, 4) is 0 Å². The second kappa shape index (κ2) is 5.26. The summed E-state index contributed by atoms with van der Waals surface area (Å²) in [5, 5.41) is 5.81. The van der Waals surface area contributed by atoms with E-state index >= 15 is 0 Å². The SMILES string of the molecule is Cc1ccc(C(=O)NCC23CCCC(C2)C(=O)N3)c(N)c1F. The number of anilines is 1. The molecule has 0 aromatic heterocycles. The Morgan fingerprint density at radius 2 is 2.32 bits per heavy atom. The van der Waals surface area contributed by atoms with Crippen LogP contribution in [0.1, 0.15) is 41.6 Å². The highest BCUT2D eigenvalue weighted by atomic mass is 19.1. The van der Waals surface area contributed by atoms with Crippen LogP contribution >= 0.6 is 0 Å². The molecule has 118 valence electrons. The Balaban J connectivity index is 1.71. The average molecular weight is 305 g/mol. The van der Waals surface area contributed by atoms with Crippen LogP contribution in [0.25, 0.3) is 0 Å². The summed E-state index contributed by atoms with van der Waals surface area (Å²) in [5.41, 5.74) is 5.74. The fourth-order valence-electron chi connectivity index (χ4n) is 3.51. The summed E-state index contributed by atoms with van der Waals surface area (Å²) >= 11 is 0. The summed E-state index contributed by atoms with van der Waals surface area (Å²) in [5.74, 6) is -0.827. The molecule has 3 rings (SSSR count). The molecule has 2 fully saturated rings. The highest BCUT2D eigenvalue weighted by Gasteiger charge is 2.46. The minimum absolute atomic E-state index is 0.0625. The number of hydrogen-bond donors (Lipinski definition) is 3. The molecule has 2 unspecified atom stereocenters. The molecule has 2 atom stereocenters. The standard InChI is InChI=1S/C16H20FN3O2/c1-9-4-5-11(13(18)12(9)17)15(22)19-8-16-6-2-3-10(7-16)14(21)20-16/h4-5,10H,2-3,6-8,18H2,1H3,(H,19,22)(H,20,21). The van der Waals surface area contributed by atoms with Gasteiger partial charge >= 0.3 is 0 Å². The fourth-order valence-corrected chi connectivity index (χ4v) is 3.51.